The quantitative estimate of drug-likeness (QED) is 0.702. The number of fused-ring (bicyclic) bond motifs is 1. The molecule has 0 spiro atoms. The first-order valence-electron chi connectivity index (χ1n) is 10.2. The van der Waals surface area contributed by atoms with Gasteiger partial charge >= 0.3 is 0 Å². The summed E-state index contributed by atoms with van der Waals surface area (Å²) in [5.41, 5.74) is 1.42. The lowest BCUT2D eigenvalue weighted by molar-refractivity contribution is -0.118. The van der Waals surface area contributed by atoms with Gasteiger partial charge in [0.15, 0.2) is 5.82 Å². The van der Waals surface area contributed by atoms with Crippen LogP contribution in [0.15, 0.2) is 18.3 Å². The number of halogens is 1. The van der Waals surface area contributed by atoms with Gasteiger partial charge in [-0.15, -0.1) is 0 Å². The van der Waals surface area contributed by atoms with Crippen molar-refractivity contribution in [2.75, 3.05) is 29.2 Å². The van der Waals surface area contributed by atoms with Gasteiger partial charge in [-0.05, 0) is 43.7 Å². The number of aryl methyl sites for hydroxylation is 1. The second-order valence-corrected chi connectivity index (χ2v) is 8.43. The third-order valence-electron chi connectivity index (χ3n) is 5.73. The molecule has 2 aromatic heterocycles. The molecule has 1 amide bonds. The Kier molecular flexibility index (Phi) is 5.44. The lowest BCUT2D eigenvalue weighted by Crippen LogP contribution is -2.50. The Bertz CT molecular complexity index is 930. The fourth-order valence-corrected chi connectivity index (χ4v) is 4.11. The first-order chi connectivity index (χ1) is 14.3. The summed E-state index contributed by atoms with van der Waals surface area (Å²) >= 11 is 0. The zero-order chi connectivity index (χ0) is 21.4. The average Bonchev–Trinajstić information content (AvgIpc) is 2.65. The maximum Gasteiger partial charge on any atom is 0.247 e. The number of aromatic nitrogens is 3. The van der Waals surface area contributed by atoms with E-state index in [0.717, 1.165) is 24.4 Å². The standard InChI is InChI=1S/C21H27FN6O2/c1-11(2)18-20(29)26-17-12(3)24-21(27-19(17)28(18)4)25-14-7-13(8-14)10-30-15-5-6-16(22)23-9-15/h5-6,9,11,13-14,18H,7-8,10H2,1-4H3,(H,26,29)(H,24,25,27)/t13-,14+,18-/m0/s1. The highest BCUT2D eigenvalue weighted by atomic mass is 19.1. The number of nitrogens with zero attached hydrogens (tertiary/aromatic N) is 4. The molecule has 0 radical (unpaired) electrons. The molecule has 1 aliphatic carbocycles. The van der Waals surface area contributed by atoms with E-state index in [1.165, 1.54) is 12.3 Å². The fraction of sp³-hybridized carbons (Fsp3) is 0.524. The van der Waals surface area contributed by atoms with Gasteiger partial charge in [0.05, 0.1) is 18.5 Å². The molecule has 1 atom stereocenters. The van der Waals surface area contributed by atoms with E-state index in [1.807, 2.05) is 32.7 Å². The minimum Gasteiger partial charge on any atom is -0.492 e. The Labute approximate surface area is 175 Å². The summed E-state index contributed by atoms with van der Waals surface area (Å²) in [6, 6.07) is 2.89. The molecular formula is C21H27FN6O2. The molecular weight excluding hydrogens is 387 g/mol. The van der Waals surface area contributed by atoms with E-state index < -0.39 is 5.95 Å². The molecule has 1 aliphatic heterocycles. The highest BCUT2D eigenvalue weighted by molar-refractivity contribution is 6.03. The van der Waals surface area contributed by atoms with Crippen LogP contribution in [0.1, 0.15) is 32.4 Å². The molecule has 4 rings (SSSR count). The molecule has 1 saturated carbocycles. The van der Waals surface area contributed by atoms with E-state index in [1.54, 1.807) is 6.07 Å². The third-order valence-corrected chi connectivity index (χ3v) is 5.73. The number of carbonyl (C=O) groups is 1. The number of pyridine rings is 1. The minimum atomic E-state index is -0.513. The van der Waals surface area contributed by atoms with Crippen molar-refractivity contribution in [2.45, 2.75) is 45.7 Å². The number of rotatable bonds is 6. The van der Waals surface area contributed by atoms with E-state index in [4.69, 9.17) is 4.74 Å². The van der Waals surface area contributed by atoms with Crippen molar-refractivity contribution in [3.8, 4) is 5.75 Å². The third kappa shape index (κ3) is 4.01. The van der Waals surface area contributed by atoms with Crippen molar-refractivity contribution in [2.24, 2.45) is 11.8 Å². The Balaban J connectivity index is 1.36. The molecule has 1 fully saturated rings. The Morgan fingerprint density at radius 2 is 2.10 bits per heavy atom. The second kappa shape index (κ2) is 8.04. The van der Waals surface area contributed by atoms with Gasteiger partial charge in [0.2, 0.25) is 17.8 Å². The summed E-state index contributed by atoms with van der Waals surface area (Å²) in [6.45, 7) is 6.50. The first-order valence-corrected chi connectivity index (χ1v) is 10.2. The lowest BCUT2D eigenvalue weighted by atomic mass is 9.81. The van der Waals surface area contributed by atoms with Crippen LogP contribution >= 0.6 is 0 Å². The molecule has 160 valence electrons. The summed E-state index contributed by atoms with van der Waals surface area (Å²) in [7, 11) is 1.90. The van der Waals surface area contributed by atoms with Gasteiger partial charge in [0, 0.05) is 13.1 Å². The van der Waals surface area contributed by atoms with Crippen LogP contribution in [-0.4, -0.2) is 46.6 Å². The van der Waals surface area contributed by atoms with Crippen LogP contribution in [0.5, 0.6) is 5.75 Å². The highest BCUT2D eigenvalue weighted by Gasteiger charge is 2.36. The van der Waals surface area contributed by atoms with E-state index in [-0.39, 0.29) is 23.9 Å². The predicted molar refractivity (Wildman–Crippen MR) is 112 cm³/mol. The fourth-order valence-electron chi connectivity index (χ4n) is 4.11. The molecule has 0 saturated heterocycles. The van der Waals surface area contributed by atoms with Crippen LogP contribution in [-0.2, 0) is 4.79 Å². The Morgan fingerprint density at radius 1 is 1.33 bits per heavy atom. The van der Waals surface area contributed by atoms with Crippen molar-refractivity contribution in [1.29, 1.82) is 0 Å². The average molecular weight is 414 g/mol. The van der Waals surface area contributed by atoms with Crippen molar-refractivity contribution in [1.82, 2.24) is 15.0 Å². The van der Waals surface area contributed by atoms with Gasteiger partial charge in [-0.2, -0.15) is 9.37 Å². The van der Waals surface area contributed by atoms with Crippen molar-refractivity contribution in [3.05, 3.63) is 30.0 Å². The van der Waals surface area contributed by atoms with Crippen LogP contribution in [0.4, 0.5) is 21.8 Å². The molecule has 3 heterocycles. The van der Waals surface area contributed by atoms with Crippen LogP contribution in [0, 0.1) is 24.7 Å². The summed E-state index contributed by atoms with van der Waals surface area (Å²) in [4.78, 5) is 27.2. The number of carbonyl (C=O) groups excluding carboxylic acids is 1. The summed E-state index contributed by atoms with van der Waals surface area (Å²) in [5.74, 6) is 1.93. The number of amides is 1. The van der Waals surface area contributed by atoms with Crippen LogP contribution < -0.4 is 20.3 Å². The molecule has 2 N–H and O–H groups in total. The topological polar surface area (TPSA) is 92.3 Å². The Morgan fingerprint density at radius 3 is 2.77 bits per heavy atom. The molecule has 0 aromatic carbocycles. The van der Waals surface area contributed by atoms with E-state index >= 15 is 0 Å². The number of hydrogen-bond acceptors (Lipinski definition) is 7. The van der Waals surface area contributed by atoms with Gasteiger partial charge in [-0.3, -0.25) is 4.79 Å². The zero-order valence-electron chi connectivity index (χ0n) is 17.6. The zero-order valence-corrected chi connectivity index (χ0v) is 17.6. The van der Waals surface area contributed by atoms with Crippen LogP contribution in [0.2, 0.25) is 0 Å². The van der Waals surface area contributed by atoms with Crippen molar-refractivity contribution in [3.63, 3.8) is 0 Å². The van der Waals surface area contributed by atoms with Crippen LogP contribution in [0.25, 0.3) is 0 Å². The summed E-state index contributed by atoms with van der Waals surface area (Å²) in [6.07, 6.45) is 3.28. The molecule has 8 nitrogen and oxygen atoms in total. The minimum absolute atomic E-state index is 0.0226. The molecule has 9 heteroatoms. The largest absolute Gasteiger partial charge is 0.492 e. The normalized spacial score (nSPS) is 22.9. The van der Waals surface area contributed by atoms with E-state index in [2.05, 4.69) is 25.6 Å². The molecule has 2 aliphatic rings. The SMILES string of the molecule is Cc1nc(N[C@H]2C[C@@H](COc3ccc(F)nc3)C2)nc2c1NC(=O)[C@H](C(C)C)N2C. The molecule has 0 bridgehead atoms. The van der Waals surface area contributed by atoms with E-state index in [0.29, 0.717) is 29.9 Å². The van der Waals surface area contributed by atoms with Crippen LogP contribution in [0.3, 0.4) is 0 Å². The van der Waals surface area contributed by atoms with Gasteiger partial charge in [0.25, 0.3) is 0 Å². The van der Waals surface area contributed by atoms with Crippen molar-refractivity contribution < 1.29 is 13.9 Å². The smallest absolute Gasteiger partial charge is 0.247 e. The van der Waals surface area contributed by atoms with Crippen molar-refractivity contribution >= 4 is 23.4 Å². The van der Waals surface area contributed by atoms with Gasteiger partial charge in [-0.25, -0.2) is 9.97 Å². The number of ether oxygens (including phenoxy) is 1. The lowest BCUT2D eigenvalue weighted by Gasteiger charge is -2.38. The second-order valence-electron chi connectivity index (χ2n) is 8.43. The first kappa shape index (κ1) is 20.3. The van der Waals surface area contributed by atoms with Gasteiger partial charge in [-0.1, -0.05) is 13.8 Å². The Hall–Kier alpha value is -2.97. The summed E-state index contributed by atoms with van der Waals surface area (Å²) in [5, 5.41) is 6.36. The number of nitrogens with one attached hydrogen (secondary N) is 2. The maximum absolute atomic E-state index is 12.8. The molecule has 30 heavy (non-hydrogen) atoms. The number of anilines is 3. The highest BCUT2D eigenvalue weighted by Crippen LogP contribution is 2.35. The van der Waals surface area contributed by atoms with Gasteiger partial charge in [0.1, 0.15) is 17.5 Å². The number of hydrogen-bond donors (Lipinski definition) is 2. The monoisotopic (exact) mass is 414 g/mol. The van der Waals surface area contributed by atoms with Gasteiger partial charge < -0.3 is 20.3 Å². The molecule has 2 aromatic rings. The predicted octanol–water partition coefficient (Wildman–Crippen LogP) is 3.00. The molecule has 0 unspecified atom stereocenters. The maximum atomic E-state index is 12.8. The summed E-state index contributed by atoms with van der Waals surface area (Å²) < 4.78 is 18.5. The van der Waals surface area contributed by atoms with E-state index in [9.17, 15) is 9.18 Å². The number of likely N-dealkylation sites (N-methyl/N-ethyl adjacent to an activating group) is 1.